The van der Waals surface area contributed by atoms with Gasteiger partial charge in [-0.05, 0) is 67.1 Å². The van der Waals surface area contributed by atoms with E-state index in [-0.39, 0.29) is 23.6 Å². The van der Waals surface area contributed by atoms with E-state index in [0.29, 0.717) is 13.0 Å². The van der Waals surface area contributed by atoms with Gasteiger partial charge in [0.2, 0.25) is 5.91 Å². The van der Waals surface area contributed by atoms with E-state index >= 15 is 0 Å². The molecule has 1 atom stereocenters. The number of benzene rings is 1. The first kappa shape index (κ1) is 21.8. The van der Waals surface area contributed by atoms with Crippen LogP contribution in [0.4, 0.5) is 0 Å². The van der Waals surface area contributed by atoms with Gasteiger partial charge < -0.3 is 14.6 Å². The highest BCUT2D eigenvalue weighted by molar-refractivity contribution is 5.96. The Morgan fingerprint density at radius 3 is 2.53 bits per heavy atom. The quantitative estimate of drug-likeness (QED) is 0.571. The van der Waals surface area contributed by atoms with Gasteiger partial charge in [-0.25, -0.2) is 0 Å². The fourth-order valence-corrected chi connectivity index (χ4v) is 4.39. The van der Waals surface area contributed by atoms with Gasteiger partial charge in [0, 0.05) is 25.0 Å². The molecule has 0 aliphatic heterocycles. The van der Waals surface area contributed by atoms with Crippen molar-refractivity contribution in [3.8, 4) is 0 Å². The molecule has 6 nitrogen and oxygen atoms in total. The second kappa shape index (κ2) is 10.3. The van der Waals surface area contributed by atoms with Crippen LogP contribution in [-0.4, -0.2) is 34.3 Å². The van der Waals surface area contributed by atoms with E-state index in [1.54, 1.807) is 41.6 Å². The predicted molar refractivity (Wildman–Crippen MR) is 122 cm³/mol. The third kappa shape index (κ3) is 5.07. The minimum absolute atomic E-state index is 0.156. The number of furan rings is 1. The normalized spacial score (nSPS) is 14.8. The molecule has 166 valence electrons. The highest BCUT2D eigenvalue weighted by atomic mass is 16.3. The second-order valence-electron chi connectivity index (χ2n) is 8.33. The predicted octanol–water partition coefficient (Wildman–Crippen LogP) is 4.47. The molecule has 1 aromatic carbocycles. The van der Waals surface area contributed by atoms with Crippen LogP contribution < -0.4 is 5.32 Å². The minimum Gasteiger partial charge on any atom is -0.459 e. The average molecular weight is 432 g/mol. The fraction of sp³-hybridized carbons (Fsp3) is 0.346. The molecule has 0 radical (unpaired) electrons. The SMILES string of the molecule is Cc1ccccc1CCN(C(=O)c1ccco1)C(C(=O)NC1CCCC1)c1ccncc1. The number of aromatic nitrogens is 1. The Morgan fingerprint density at radius 2 is 1.84 bits per heavy atom. The van der Waals surface area contributed by atoms with Crippen LogP contribution in [0.5, 0.6) is 0 Å². The molecule has 3 aromatic rings. The number of pyridine rings is 1. The highest BCUT2D eigenvalue weighted by Gasteiger charge is 2.34. The number of nitrogens with zero attached hydrogens (tertiary/aromatic N) is 2. The van der Waals surface area contributed by atoms with E-state index in [0.717, 1.165) is 42.4 Å². The van der Waals surface area contributed by atoms with Crippen LogP contribution in [0.2, 0.25) is 0 Å². The van der Waals surface area contributed by atoms with Gasteiger partial charge in [0.05, 0.1) is 6.26 Å². The summed E-state index contributed by atoms with van der Waals surface area (Å²) in [5.41, 5.74) is 3.04. The zero-order chi connectivity index (χ0) is 22.3. The van der Waals surface area contributed by atoms with Crippen molar-refractivity contribution in [3.05, 3.63) is 89.6 Å². The van der Waals surface area contributed by atoms with E-state index in [1.807, 2.05) is 12.1 Å². The Hall–Kier alpha value is -3.41. The number of nitrogens with one attached hydrogen (secondary N) is 1. The lowest BCUT2D eigenvalue weighted by molar-refractivity contribution is -0.126. The molecule has 0 saturated heterocycles. The zero-order valence-electron chi connectivity index (χ0n) is 18.4. The van der Waals surface area contributed by atoms with Crippen molar-refractivity contribution in [3.63, 3.8) is 0 Å². The summed E-state index contributed by atoms with van der Waals surface area (Å²) >= 11 is 0. The number of hydrogen-bond acceptors (Lipinski definition) is 4. The molecule has 1 aliphatic carbocycles. The van der Waals surface area contributed by atoms with Crippen molar-refractivity contribution in [2.45, 2.75) is 51.1 Å². The van der Waals surface area contributed by atoms with Gasteiger partial charge in [-0.1, -0.05) is 37.1 Å². The van der Waals surface area contributed by atoms with Gasteiger partial charge in [-0.3, -0.25) is 14.6 Å². The van der Waals surface area contributed by atoms with Gasteiger partial charge in [0.1, 0.15) is 6.04 Å². The summed E-state index contributed by atoms with van der Waals surface area (Å²) in [6.45, 7) is 2.44. The molecule has 1 saturated carbocycles. The number of rotatable bonds is 8. The van der Waals surface area contributed by atoms with E-state index < -0.39 is 6.04 Å². The Bertz CT molecular complexity index is 1030. The van der Waals surface area contributed by atoms with Crippen LogP contribution in [0.1, 0.15) is 59.0 Å². The largest absolute Gasteiger partial charge is 0.459 e. The van der Waals surface area contributed by atoms with Crippen molar-refractivity contribution in [2.24, 2.45) is 0 Å². The molecule has 1 unspecified atom stereocenters. The molecule has 2 heterocycles. The topological polar surface area (TPSA) is 75.4 Å². The van der Waals surface area contributed by atoms with Crippen LogP contribution in [0, 0.1) is 6.92 Å². The smallest absolute Gasteiger partial charge is 0.290 e. The highest BCUT2D eigenvalue weighted by Crippen LogP contribution is 2.26. The Morgan fingerprint density at radius 1 is 1.09 bits per heavy atom. The molecule has 0 bridgehead atoms. The third-order valence-corrected chi connectivity index (χ3v) is 6.16. The molecular weight excluding hydrogens is 402 g/mol. The lowest BCUT2D eigenvalue weighted by Crippen LogP contribution is -2.46. The summed E-state index contributed by atoms with van der Waals surface area (Å²) < 4.78 is 5.42. The second-order valence-corrected chi connectivity index (χ2v) is 8.33. The summed E-state index contributed by atoms with van der Waals surface area (Å²) in [7, 11) is 0. The van der Waals surface area contributed by atoms with Crippen LogP contribution >= 0.6 is 0 Å². The van der Waals surface area contributed by atoms with Crippen LogP contribution in [0.25, 0.3) is 0 Å². The summed E-state index contributed by atoms with van der Waals surface area (Å²) in [5.74, 6) is -0.234. The first-order valence-corrected chi connectivity index (χ1v) is 11.2. The van der Waals surface area contributed by atoms with Gasteiger partial charge in [-0.2, -0.15) is 0 Å². The molecule has 0 spiro atoms. The Balaban J connectivity index is 1.67. The maximum atomic E-state index is 13.5. The minimum atomic E-state index is -0.764. The van der Waals surface area contributed by atoms with E-state index in [1.165, 1.54) is 6.26 Å². The number of amides is 2. The first-order valence-electron chi connectivity index (χ1n) is 11.2. The van der Waals surface area contributed by atoms with Gasteiger partial charge in [0.25, 0.3) is 5.91 Å². The molecule has 2 aromatic heterocycles. The van der Waals surface area contributed by atoms with Crippen molar-refractivity contribution in [1.82, 2.24) is 15.2 Å². The lowest BCUT2D eigenvalue weighted by Gasteiger charge is -2.32. The summed E-state index contributed by atoms with van der Waals surface area (Å²) in [4.78, 5) is 32.8. The maximum Gasteiger partial charge on any atom is 0.290 e. The van der Waals surface area contributed by atoms with Crippen molar-refractivity contribution in [2.75, 3.05) is 6.54 Å². The van der Waals surface area contributed by atoms with Crippen molar-refractivity contribution < 1.29 is 14.0 Å². The summed E-state index contributed by atoms with van der Waals surface area (Å²) in [6.07, 6.45) is 9.61. The number of carbonyl (C=O) groups is 2. The van der Waals surface area contributed by atoms with Crippen LogP contribution in [0.3, 0.4) is 0 Å². The molecule has 4 rings (SSSR count). The Kier molecular flexibility index (Phi) is 7.00. The molecule has 2 amide bonds. The van der Waals surface area contributed by atoms with Crippen molar-refractivity contribution >= 4 is 11.8 Å². The van der Waals surface area contributed by atoms with Gasteiger partial charge in [-0.15, -0.1) is 0 Å². The molecule has 1 fully saturated rings. The van der Waals surface area contributed by atoms with Crippen molar-refractivity contribution in [1.29, 1.82) is 0 Å². The molecule has 6 heteroatoms. The lowest BCUT2D eigenvalue weighted by atomic mass is 10.0. The third-order valence-electron chi connectivity index (χ3n) is 6.16. The van der Waals surface area contributed by atoms with Gasteiger partial charge >= 0.3 is 0 Å². The monoisotopic (exact) mass is 431 g/mol. The van der Waals surface area contributed by atoms with E-state index in [4.69, 9.17) is 4.42 Å². The molecule has 1 aliphatic rings. The Labute approximate surface area is 188 Å². The number of aryl methyl sites for hydroxylation is 1. The molecular formula is C26H29N3O3. The average Bonchev–Trinajstić information content (AvgIpc) is 3.52. The molecule has 1 N–H and O–H groups in total. The van der Waals surface area contributed by atoms with Crippen LogP contribution in [0.15, 0.2) is 71.6 Å². The first-order chi connectivity index (χ1) is 15.6. The number of carbonyl (C=O) groups excluding carboxylic acids is 2. The fourth-order valence-electron chi connectivity index (χ4n) is 4.39. The van der Waals surface area contributed by atoms with E-state index in [2.05, 4.69) is 29.4 Å². The standard InChI is InChI=1S/C26H29N3O3/c1-19-7-2-3-8-20(19)14-17-29(26(31)23-11-6-18-32-23)24(21-12-15-27-16-13-21)25(30)28-22-9-4-5-10-22/h2-3,6-8,11-13,15-16,18,22,24H,4-5,9-10,14,17H2,1H3,(H,28,30). The maximum absolute atomic E-state index is 13.5. The molecule has 32 heavy (non-hydrogen) atoms. The zero-order valence-corrected chi connectivity index (χ0v) is 18.4. The summed E-state index contributed by atoms with van der Waals surface area (Å²) in [6, 6.07) is 14.4. The summed E-state index contributed by atoms with van der Waals surface area (Å²) in [5, 5.41) is 3.18. The van der Waals surface area contributed by atoms with E-state index in [9.17, 15) is 9.59 Å². The van der Waals surface area contributed by atoms with Crippen LogP contribution in [-0.2, 0) is 11.2 Å². The van der Waals surface area contributed by atoms with Gasteiger partial charge in [0.15, 0.2) is 5.76 Å². The number of hydrogen-bond donors (Lipinski definition) is 1.